The molecule has 8 heteroatoms. The van der Waals surface area contributed by atoms with E-state index in [2.05, 4.69) is 4.74 Å². The highest BCUT2D eigenvalue weighted by Gasteiger charge is 2.46. The second kappa shape index (κ2) is 6.63. The summed E-state index contributed by atoms with van der Waals surface area (Å²) < 4.78 is 66.2. The predicted molar refractivity (Wildman–Crippen MR) is 86.8 cm³/mol. The Morgan fingerprint density at radius 3 is 2.44 bits per heavy atom. The van der Waals surface area contributed by atoms with Gasteiger partial charge in [0.05, 0.1) is 18.4 Å². The highest BCUT2D eigenvalue weighted by Crippen LogP contribution is 2.50. The normalized spacial score (nSPS) is 20.5. The summed E-state index contributed by atoms with van der Waals surface area (Å²) in [5, 5.41) is 0. The zero-order valence-corrected chi connectivity index (χ0v) is 15.1. The molecule has 0 radical (unpaired) electrons. The van der Waals surface area contributed by atoms with E-state index in [1.807, 2.05) is 13.8 Å². The van der Waals surface area contributed by atoms with Crippen LogP contribution in [-0.4, -0.2) is 27.0 Å². The Morgan fingerprint density at radius 1 is 1.32 bits per heavy atom. The van der Waals surface area contributed by atoms with Gasteiger partial charge in [-0.1, -0.05) is 26.3 Å². The molecule has 0 heterocycles. The molecule has 4 nitrogen and oxygen atoms in total. The van der Waals surface area contributed by atoms with Gasteiger partial charge in [-0.2, -0.15) is 13.2 Å². The molecule has 0 N–H and O–H groups in total. The number of methoxy groups -OCH3 is 1. The largest absolute Gasteiger partial charge is 0.497 e. The number of halogens is 3. The maximum atomic E-state index is 12.8. The number of carbonyl (C=O) groups excluding carboxylic acids is 1. The first-order chi connectivity index (χ1) is 11.4. The molecule has 1 aromatic carbocycles. The van der Waals surface area contributed by atoms with Crippen molar-refractivity contribution in [2.75, 3.05) is 7.11 Å². The molecule has 1 saturated carbocycles. The van der Waals surface area contributed by atoms with Gasteiger partial charge in [0.15, 0.2) is 0 Å². The topological polar surface area (TPSA) is 60.4 Å². The van der Waals surface area contributed by atoms with Crippen LogP contribution in [0.5, 0.6) is 0 Å². The third-order valence-electron chi connectivity index (χ3n) is 4.90. The molecule has 0 amide bonds. The minimum absolute atomic E-state index is 0.0879. The monoisotopic (exact) mass is 378 g/mol. The fraction of sp³-hybridized carbons (Fsp3) is 0.588. The van der Waals surface area contributed by atoms with E-state index in [4.69, 9.17) is 0 Å². The zero-order chi connectivity index (χ0) is 19.0. The lowest BCUT2D eigenvalue weighted by molar-refractivity contribution is -0.0437. The Hall–Kier alpha value is -1.57. The van der Waals surface area contributed by atoms with E-state index in [9.17, 15) is 26.4 Å². The second-order valence-electron chi connectivity index (χ2n) is 7.04. The number of ether oxygens (including phenoxy) is 1. The van der Waals surface area contributed by atoms with Crippen molar-refractivity contribution in [3.63, 3.8) is 0 Å². The summed E-state index contributed by atoms with van der Waals surface area (Å²) in [6.45, 7) is 4.00. The van der Waals surface area contributed by atoms with Gasteiger partial charge < -0.3 is 4.74 Å². The number of esters is 1. The fourth-order valence-electron chi connectivity index (χ4n) is 3.49. The average molecular weight is 378 g/mol. The minimum atomic E-state index is -5.31. The number of hydrogen-bond acceptors (Lipinski definition) is 4. The van der Waals surface area contributed by atoms with Crippen molar-refractivity contribution in [2.45, 2.75) is 50.3 Å². The molecule has 0 bridgehead atoms. The van der Waals surface area contributed by atoms with Crippen LogP contribution in [-0.2, 0) is 20.3 Å². The third-order valence-corrected chi connectivity index (χ3v) is 6.29. The Bertz CT molecular complexity index is 767. The SMILES string of the molecule is COC(=O)c1ccc(CS(=O)(=O)C(F)(F)F)c([C@H]2CCCC2(C)C)c1. The van der Waals surface area contributed by atoms with Crippen LogP contribution in [0.1, 0.15) is 60.5 Å². The van der Waals surface area contributed by atoms with Crippen molar-refractivity contribution < 1.29 is 31.1 Å². The van der Waals surface area contributed by atoms with Gasteiger partial charge >= 0.3 is 11.5 Å². The van der Waals surface area contributed by atoms with E-state index in [0.29, 0.717) is 5.56 Å². The molecule has 1 aromatic rings. The van der Waals surface area contributed by atoms with Gasteiger partial charge in [0, 0.05) is 0 Å². The zero-order valence-electron chi connectivity index (χ0n) is 14.3. The second-order valence-corrected chi connectivity index (χ2v) is 9.02. The van der Waals surface area contributed by atoms with Crippen LogP contribution < -0.4 is 0 Å². The highest BCUT2D eigenvalue weighted by atomic mass is 32.2. The van der Waals surface area contributed by atoms with E-state index >= 15 is 0 Å². The first kappa shape index (κ1) is 19.8. The molecule has 1 aliphatic carbocycles. The molecule has 0 aliphatic heterocycles. The predicted octanol–water partition coefficient (Wildman–Crippen LogP) is 4.20. The first-order valence-corrected chi connectivity index (χ1v) is 9.54. The van der Waals surface area contributed by atoms with Crippen LogP contribution in [0.2, 0.25) is 0 Å². The van der Waals surface area contributed by atoms with Crippen molar-refractivity contribution >= 4 is 15.8 Å². The summed E-state index contributed by atoms with van der Waals surface area (Å²) in [6, 6.07) is 4.07. The molecule has 0 saturated heterocycles. The van der Waals surface area contributed by atoms with Crippen molar-refractivity contribution in [1.29, 1.82) is 0 Å². The van der Waals surface area contributed by atoms with E-state index < -0.39 is 27.1 Å². The van der Waals surface area contributed by atoms with Crippen LogP contribution in [0.3, 0.4) is 0 Å². The Kier molecular flexibility index (Phi) is 5.23. The van der Waals surface area contributed by atoms with Crippen molar-refractivity contribution in [1.82, 2.24) is 0 Å². The molecular weight excluding hydrogens is 357 g/mol. The van der Waals surface area contributed by atoms with Gasteiger partial charge in [0.1, 0.15) is 0 Å². The summed E-state index contributed by atoms with van der Waals surface area (Å²) in [5.74, 6) is -1.85. The highest BCUT2D eigenvalue weighted by molar-refractivity contribution is 7.91. The van der Waals surface area contributed by atoms with Gasteiger partial charge in [0.25, 0.3) is 9.84 Å². The van der Waals surface area contributed by atoms with Gasteiger partial charge in [-0.05, 0) is 47.4 Å². The number of rotatable bonds is 4. The number of sulfone groups is 1. The molecule has 1 aliphatic rings. The summed E-state index contributed by atoms with van der Waals surface area (Å²) in [4.78, 5) is 11.8. The van der Waals surface area contributed by atoms with E-state index in [1.54, 1.807) is 0 Å². The Morgan fingerprint density at radius 2 is 1.96 bits per heavy atom. The van der Waals surface area contributed by atoms with Gasteiger partial charge in [-0.15, -0.1) is 0 Å². The van der Waals surface area contributed by atoms with Gasteiger partial charge in [-0.25, -0.2) is 13.2 Å². The third kappa shape index (κ3) is 3.99. The smallest absolute Gasteiger partial charge is 0.465 e. The van der Waals surface area contributed by atoms with Crippen LogP contribution in [0.15, 0.2) is 18.2 Å². The fourth-order valence-corrected chi connectivity index (χ4v) is 4.32. The van der Waals surface area contributed by atoms with Crippen LogP contribution in [0, 0.1) is 5.41 Å². The van der Waals surface area contributed by atoms with Gasteiger partial charge in [-0.3, -0.25) is 0 Å². The van der Waals surface area contributed by atoms with Crippen molar-refractivity contribution in [3.05, 3.63) is 34.9 Å². The van der Waals surface area contributed by atoms with Crippen molar-refractivity contribution in [2.24, 2.45) is 5.41 Å². The van der Waals surface area contributed by atoms with Crippen LogP contribution >= 0.6 is 0 Å². The molecule has 0 spiro atoms. The summed E-state index contributed by atoms with van der Waals surface area (Å²) >= 11 is 0. The molecule has 0 unspecified atom stereocenters. The minimum Gasteiger partial charge on any atom is -0.465 e. The lowest BCUT2D eigenvalue weighted by atomic mass is 9.76. The molecule has 2 rings (SSSR count). The summed E-state index contributed by atoms with van der Waals surface area (Å²) in [5.41, 5.74) is -4.72. The maximum absolute atomic E-state index is 12.8. The number of hydrogen-bond donors (Lipinski definition) is 0. The average Bonchev–Trinajstić information content (AvgIpc) is 2.84. The van der Waals surface area contributed by atoms with Crippen LogP contribution in [0.25, 0.3) is 0 Å². The standard InChI is InChI=1S/C17H21F3O4S/c1-16(2)8-4-5-14(16)13-9-11(15(21)24-3)6-7-12(13)10-25(22,23)17(18,19)20/h6-7,9,14H,4-5,8,10H2,1-3H3/t14-/m1/s1. The summed E-state index contributed by atoms with van der Waals surface area (Å²) in [7, 11) is -4.08. The number of benzene rings is 1. The van der Waals surface area contributed by atoms with Crippen molar-refractivity contribution in [3.8, 4) is 0 Å². The molecule has 140 valence electrons. The van der Waals surface area contributed by atoms with Gasteiger partial charge in [0.2, 0.25) is 0 Å². The number of alkyl halides is 3. The Balaban J connectivity index is 2.54. The first-order valence-electron chi connectivity index (χ1n) is 7.89. The van der Waals surface area contributed by atoms with E-state index in [0.717, 1.165) is 19.3 Å². The molecular formula is C17H21F3O4S. The lowest BCUT2D eigenvalue weighted by Crippen LogP contribution is -2.26. The Labute approximate surface area is 145 Å². The quantitative estimate of drug-likeness (QED) is 0.737. The van der Waals surface area contributed by atoms with Crippen LogP contribution in [0.4, 0.5) is 13.2 Å². The molecule has 25 heavy (non-hydrogen) atoms. The molecule has 1 atom stereocenters. The number of carbonyl (C=O) groups is 1. The lowest BCUT2D eigenvalue weighted by Gasteiger charge is -2.29. The summed E-state index contributed by atoms with van der Waals surface area (Å²) in [6.07, 6.45) is 2.51. The molecule has 0 aromatic heterocycles. The maximum Gasteiger partial charge on any atom is 0.497 e. The van der Waals surface area contributed by atoms with E-state index in [1.165, 1.54) is 25.3 Å². The van der Waals surface area contributed by atoms with E-state index in [-0.39, 0.29) is 22.5 Å². The molecule has 1 fully saturated rings.